The van der Waals surface area contributed by atoms with Crippen molar-refractivity contribution in [3.63, 3.8) is 0 Å². The summed E-state index contributed by atoms with van der Waals surface area (Å²) in [5.41, 5.74) is 5.52. The fourth-order valence-corrected chi connectivity index (χ4v) is 4.33. The molecular formula is C25H26ClN5O. The van der Waals surface area contributed by atoms with Crippen LogP contribution in [0, 0.1) is 25.2 Å². The van der Waals surface area contributed by atoms with Gasteiger partial charge < -0.3 is 9.80 Å². The van der Waals surface area contributed by atoms with Crippen molar-refractivity contribution in [3.8, 4) is 11.8 Å². The predicted octanol–water partition coefficient (Wildman–Crippen LogP) is 4.30. The van der Waals surface area contributed by atoms with Crippen LogP contribution < -0.4 is 4.90 Å². The molecule has 0 radical (unpaired) electrons. The summed E-state index contributed by atoms with van der Waals surface area (Å²) < 4.78 is 1.88. The number of aryl methyl sites for hydroxylation is 1. The number of amides is 1. The molecule has 4 rings (SSSR count). The van der Waals surface area contributed by atoms with Crippen molar-refractivity contribution in [2.45, 2.75) is 26.7 Å². The summed E-state index contributed by atoms with van der Waals surface area (Å²) in [6, 6.07) is 17.3. The van der Waals surface area contributed by atoms with E-state index in [-0.39, 0.29) is 5.91 Å². The van der Waals surface area contributed by atoms with E-state index in [0.717, 1.165) is 54.4 Å². The van der Waals surface area contributed by atoms with Crippen molar-refractivity contribution in [1.29, 1.82) is 5.26 Å². The maximum atomic E-state index is 13.2. The van der Waals surface area contributed by atoms with E-state index in [1.165, 1.54) is 0 Å². The van der Waals surface area contributed by atoms with Crippen LogP contribution in [0.4, 0.5) is 5.69 Å². The fourth-order valence-electron chi connectivity index (χ4n) is 4.20. The monoisotopic (exact) mass is 447 g/mol. The number of rotatable bonds is 4. The van der Waals surface area contributed by atoms with Gasteiger partial charge in [0.15, 0.2) is 0 Å². The number of halogens is 1. The summed E-state index contributed by atoms with van der Waals surface area (Å²) in [5, 5.41) is 14.3. The molecule has 1 saturated heterocycles. The summed E-state index contributed by atoms with van der Waals surface area (Å²) >= 11 is 6.01. The minimum absolute atomic E-state index is 0.133. The molecule has 0 unspecified atom stereocenters. The second-order valence-electron chi connectivity index (χ2n) is 8.09. The Bertz CT molecular complexity index is 1140. The molecule has 3 aromatic rings. The first kappa shape index (κ1) is 21.9. The molecule has 0 N–H and O–H groups in total. The summed E-state index contributed by atoms with van der Waals surface area (Å²) in [4.78, 5) is 17.4. The van der Waals surface area contributed by atoms with Crippen LogP contribution in [-0.4, -0.2) is 46.8 Å². The van der Waals surface area contributed by atoms with Gasteiger partial charge >= 0.3 is 0 Å². The zero-order chi connectivity index (χ0) is 22.7. The third-order valence-corrected chi connectivity index (χ3v) is 6.30. The van der Waals surface area contributed by atoms with Crippen LogP contribution in [0.2, 0.25) is 5.02 Å². The largest absolute Gasteiger partial charge is 0.370 e. The Balaban J connectivity index is 1.44. The molecule has 1 aliphatic heterocycles. The maximum Gasteiger partial charge on any atom is 0.227 e. The number of carbonyl (C=O) groups excluding carboxylic acids is 1. The van der Waals surface area contributed by atoms with E-state index in [0.29, 0.717) is 23.6 Å². The number of anilines is 1. The Morgan fingerprint density at radius 1 is 1.00 bits per heavy atom. The Labute approximate surface area is 193 Å². The molecule has 1 aliphatic rings. The highest BCUT2D eigenvalue weighted by molar-refractivity contribution is 6.30. The minimum atomic E-state index is 0.133. The summed E-state index contributed by atoms with van der Waals surface area (Å²) in [6.07, 6.45) is 1.26. The molecule has 1 fully saturated rings. The lowest BCUT2D eigenvalue weighted by Gasteiger charge is -2.24. The standard InChI is InChI=1S/C25H26ClN5O/c1-18-24(19(2)31(28-18)23-10-6-21(26)7-11-23)16-25(32)30-13-3-12-29(14-15-30)22-8-4-20(17-27)5-9-22/h4-11H,3,12-16H2,1-2H3. The smallest absolute Gasteiger partial charge is 0.227 e. The maximum absolute atomic E-state index is 13.2. The number of carbonyl (C=O) groups is 1. The van der Waals surface area contributed by atoms with Crippen LogP contribution in [0.15, 0.2) is 48.5 Å². The molecular weight excluding hydrogens is 422 g/mol. The highest BCUT2D eigenvalue weighted by Crippen LogP contribution is 2.22. The SMILES string of the molecule is Cc1nn(-c2ccc(Cl)cc2)c(C)c1CC(=O)N1CCCN(c2ccc(C#N)cc2)CC1. The summed E-state index contributed by atoms with van der Waals surface area (Å²) in [7, 11) is 0. The number of aromatic nitrogens is 2. The lowest BCUT2D eigenvalue weighted by atomic mass is 10.1. The van der Waals surface area contributed by atoms with Gasteiger partial charge in [0.25, 0.3) is 0 Å². The average molecular weight is 448 g/mol. The van der Waals surface area contributed by atoms with Crippen molar-refractivity contribution in [1.82, 2.24) is 14.7 Å². The molecule has 2 aromatic carbocycles. The third kappa shape index (κ3) is 4.63. The molecule has 1 aromatic heterocycles. The van der Waals surface area contributed by atoms with Crippen molar-refractivity contribution in [3.05, 3.63) is 76.1 Å². The van der Waals surface area contributed by atoms with Gasteiger partial charge in [0.1, 0.15) is 0 Å². The van der Waals surface area contributed by atoms with Gasteiger partial charge in [-0.3, -0.25) is 4.79 Å². The first-order chi connectivity index (χ1) is 15.5. The highest BCUT2D eigenvalue weighted by atomic mass is 35.5. The molecule has 6 nitrogen and oxygen atoms in total. The number of nitrogens with zero attached hydrogens (tertiary/aromatic N) is 5. The number of hydrogen-bond acceptors (Lipinski definition) is 4. The Morgan fingerprint density at radius 3 is 2.38 bits per heavy atom. The molecule has 164 valence electrons. The molecule has 0 saturated carbocycles. The second kappa shape index (κ2) is 9.46. The van der Waals surface area contributed by atoms with Crippen LogP contribution in [0.5, 0.6) is 0 Å². The number of nitriles is 1. The Hall–Kier alpha value is -3.30. The summed E-state index contributed by atoms with van der Waals surface area (Å²) in [5.74, 6) is 0.133. The molecule has 7 heteroatoms. The van der Waals surface area contributed by atoms with E-state index in [1.807, 2.05) is 72.0 Å². The van der Waals surface area contributed by atoms with Gasteiger partial charge in [-0.05, 0) is 68.8 Å². The predicted molar refractivity (Wildman–Crippen MR) is 126 cm³/mol. The van der Waals surface area contributed by atoms with E-state index in [4.69, 9.17) is 16.9 Å². The molecule has 2 heterocycles. The van der Waals surface area contributed by atoms with Crippen LogP contribution >= 0.6 is 11.6 Å². The van der Waals surface area contributed by atoms with E-state index < -0.39 is 0 Å². The molecule has 32 heavy (non-hydrogen) atoms. The van der Waals surface area contributed by atoms with Gasteiger partial charge in [-0.1, -0.05) is 11.6 Å². The number of hydrogen-bond donors (Lipinski definition) is 0. The Morgan fingerprint density at radius 2 is 1.69 bits per heavy atom. The quantitative estimate of drug-likeness (QED) is 0.598. The molecule has 0 atom stereocenters. The zero-order valence-electron chi connectivity index (χ0n) is 18.4. The van der Waals surface area contributed by atoms with Gasteiger partial charge in [0.05, 0.1) is 29.4 Å². The lowest BCUT2D eigenvalue weighted by Crippen LogP contribution is -2.36. The normalized spacial score (nSPS) is 14.2. The van der Waals surface area contributed by atoms with Crippen molar-refractivity contribution in [2.24, 2.45) is 0 Å². The third-order valence-electron chi connectivity index (χ3n) is 6.05. The number of benzene rings is 2. The Kier molecular flexibility index (Phi) is 6.48. The van der Waals surface area contributed by atoms with E-state index >= 15 is 0 Å². The van der Waals surface area contributed by atoms with E-state index in [9.17, 15) is 4.79 Å². The molecule has 0 bridgehead atoms. The summed E-state index contributed by atoms with van der Waals surface area (Å²) in [6.45, 7) is 7.06. The molecule has 0 aliphatic carbocycles. The second-order valence-corrected chi connectivity index (χ2v) is 8.53. The van der Waals surface area contributed by atoms with Crippen molar-refractivity contribution < 1.29 is 4.79 Å². The van der Waals surface area contributed by atoms with E-state index in [1.54, 1.807) is 0 Å². The topological polar surface area (TPSA) is 65.2 Å². The zero-order valence-corrected chi connectivity index (χ0v) is 19.1. The van der Waals surface area contributed by atoms with Gasteiger partial charge in [-0.15, -0.1) is 0 Å². The van der Waals surface area contributed by atoms with Crippen LogP contribution in [0.25, 0.3) is 5.69 Å². The van der Waals surface area contributed by atoms with Crippen molar-refractivity contribution in [2.75, 3.05) is 31.1 Å². The van der Waals surface area contributed by atoms with Crippen molar-refractivity contribution >= 4 is 23.2 Å². The molecule has 1 amide bonds. The van der Waals surface area contributed by atoms with Crippen LogP contribution in [-0.2, 0) is 11.2 Å². The lowest BCUT2D eigenvalue weighted by molar-refractivity contribution is -0.130. The van der Waals surface area contributed by atoms with Gasteiger partial charge in [0.2, 0.25) is 5.91 Å². The average Bonchev–Trinajstić information content (AvgIpc) is 2.98. The van der Waals surface area contributed by atoms with Gasteiger partial charge in [-0.25, -0.2) is 4.68 Å². The van der Waals surface area contributed by atoms with Gasteiger partial charge in [0, 0.05) is 48.1 Å². The van der Waals surface area contributed by atoms with E-state index in [2.05, 4.69) is 16.1 Å². The first-order valence-electron chi connectivity index (χ1n) is 10.8. The first-order valence-corrected chi connectivity index (χ1v) is 11.2. The van der Waals surface area contributed by atoms with Gasteiger partial charge in [-0.2, -0.15) is 10.4 Å². The highest BCUT2D eigenvalue weighted by Gasteiger charge is 2.22. The van der Waals surface area contributed by atoms with Crippen LogP contribution in [0.1, 0.15) is 28.9 Å². The van der Waals surface area contributed by atoms with Crippen LogP contribution in [0.3, 0.4) is 0 Å². The fraction of sp³-hybridized carbons (Fsp3) is 0.320. The minimum Gasteiger partial charge on any atom is -0.370 e. The molecule has 0 spiro atoms.